The van der Waals surface area contributed by atoms with Crippen molar-refractivity contribution in [3.63, 3.8) is 0 Å². The first-order valence-electron chi connectivity index (χ1n) is 12.4. The van der Waals surface area contributed by atoms with Crippen molar-refractivity contribution in [3.05, 3.63) is 70.1 Å². The summed E-state index contributed by atoms with van der Waals surface area (Å²) in [6, 6.07) is 9.06. The number of fused-ring (bicyclic) bond motifs is 1. The van der Waals surface area contributed by atoms with Crippen molar-refractivity contribution in [3.8, 4) is 0 Å². The quantitative estimate of drug-likeness (QED) is 0.271. The smallest absolute Gasteiger partial charge is 0.338 e. The van der Waals surface area contributed by atoms with Crippen LogP contribution in [0.3, 0.4) is 0 Å². The zero-order valence-electron chi connectivity index (χ0n) is 20.9. The standard InChI is InChI=1S/C29H35BrO5/c1-19-6-13-25-28(2,15-5-16-29(25,3)27(32)33-4)23(19)12-9-20-14-17-34-24(20)18-35-26(31)21-7-10-22(30)11-8-21/h7-8,10-11,14,17,23,25H,1,5-6,9,12-13,15-16,18H2,2-4H3/t23-,25+,28+,29-/m0/s1. The van der Waals surface area contributed by atoms with Crippen LogP contribution in [0.1, 0.15) is 74.1 Å². The Morgan fingerprint density at radius 3 is 2.63 bits per heavy atom. The topological polar surface area (TPSA) is 65.7 Å². The second-order valence-corrected chi connectivity index (χ2v) is 11.5. The van der Waals surface area contributed by atoms with Crippen LogP contribution in [0.15, 0.2) is 57.6 Å². The Morgan fingerprint density at radius 1 is 1.17 bits per heavy atom. The number of carbonyl (C=O) groups is 2. The molecule has 4 atom stereocenters. The van der Waals surface area contributed by atoms with E-state index in [2.05, 4.69) is 36.4 Å². The lowest BCUT2D eigenvalue weighted by Crippen LogP contribution is -2.53. The molecule has 2 aliphatic rings. The number of benzene rings is 1. The number of aryl methyl sites for hydroxylation is 1. The van der Waals surface area contributed by atoms with Crippen molar-refractivity contribution in [1.29, 1.82) is 0 Å². The molecule has 0 spiro atoms. The van der Waals surface area contributed by atoms with Crippen molar-refractivity contribution in [2.75, 3.05) is 7.11 Å². The normalized spacial score (nSPS) is 28.3. The first-order valence-corrected chi connectivity index (χ1v) is 13.2. The number of halogens is 1. The number of hydrogen-bond donors (Lipinski definition) is 0. The highest BCUT2D eigenvalue weighted by atomic mass is 79.9. The van der Waals surface area contributed by atoms with Gasteiger partial charge in [0.15, 0.2) is 0 Å². The van der Waals surface area contributed by atoms with Gasteiger partial charge in [0.25, 0.3) is 0 Å². The predicted octanol–water partition coefficient (Wildman–Crippen LogP) is 7.28. The minimum absolute atomic E-state index is 0.00840. The number of ether oxygens (including phenoxy) is 2. The fourth-order valence-corrected chi connectivity index (χ4v) is 7.04. The van der Waals surface area contributed by atoms with Crippen LogP contribution in [0, 0.1) is 22.7 Å². The fraction of sp³-hybridized carbons (Fsp3) is 0.517. The lowest BCUT2D eigenvalue weighted by molar-refractivity contribution is -0.168. The van der Waals surface area contributed by atoms with Gasteiger partial charge in [-0.3, -0.25) is 4.79 Å². The second kappa shape index (κ2) is 10.3. The first kappa shape index (κ1) is 25.7. The third-order valence-corrected chi connectivity index (χ3v) is 9.15. The molecule has 2 saturated carbocycles. The van der Waals surface area contributed by atoms with Crippen LogP contribution in [0.25, 0.3) is 0 Å². The Hall–Kier alpha value is -2.34. The molecular formula is C29H35BrO5. The summed E-state index contributed by atoms with van der Waals surface area (Å²) in [5, 5.41) is 0. The summed E-state index contributed by atoms with van der Waals surface area (Å²) >= 11 is 3.37. The van der Waals surface area contributed by atoms with Crippen LogP contribution in [0.2, 0.25) is 0 Å². The summed E-state index contributed by atoms with van der Waals surface area (Å²) in [4.78, 5) is 25.2. The van der Waals surface area contributed by atoms with Crippen molar-refractivity contribution < 1.29 is 23.5 Å². The van der Waals surface area contributed by atoms with Gasteiger partial charge >= 0.3 is 11.9 Å². The van der Waals surface area contributed by atoms with E-state index in [-0.39, 0.29) is 29.9 Å². The highest BCUT2D eigenvalue weighted by Crippen LogP contribution is 2.62. The Balaban J connectivity index is 1.44. The predicted molar refractivity (Wildman–Crippen MR) is 138 cm³/mol. The van der Waals surface area contributed by atoms with Gasteiger partial charge in [-0.25, -0.2) is 4.79 Å². The summed E-state index contributed by atoms with van der Waals surface area (Å²) in [5.74, 6) is 0.826. The Morgan fingerprint density at radius 2 is 1.91 bits per heavy atom. The van der Waals surface area contributed by atoms with E-state index >= 15 is 0 Å². The highest BCUT2D eigenvalue weighted by Gasteiger charge is 2.57. The van der Waals surface area contributed by atoms with Crippen molar-refractivity contribution in [2.45, 2.75) is 65.4 Å². The largest absolute Gasteiger partial charge is 0.469 e. The molecule has 6 heteroatoms. The number of esters is 2. The average Bonchev–Trinajstić information content (AvgIpc) is 3.29. The number of hydrogen-bond acceptors (Lipinski definition) is 5. The molecule has 0 saturated heterocycles. The van der Waals surface area contributed by atoms with E-state index in [1.165, 1.54) is 12.7 Å². The molecule has 1 aromatic carbocycles. The molecule has 0 radical (unpaired) electrons. The number of rotatable bonds is 7. The minimum Gasteiger partial charge on any atom is -0.469 e. The van der Waals surface area contributed by atoms with E-state index in [1.54, 1.807) is 18.4 Å². The molecule has 2 aromatic rings. The summed E-state index contributed by atoms with van der Waals surface area (Å²) in [7, 11) is 1.50. The zero-order valence-corrected chi connectivity index (χ0v) is 22.5. The molecule has 35 heavy (non-hydrogen) atoms. The molecule has 0 unspecified atom stereocenters. The third-order valence-electron chi connectivity index (χ3n) is 8.63. The molecule has 2 fully saturated rings. The van der Waals surface area contributed by atoms with Gasteiger partial charge in [-0.1, -0.05) is 41.4 Å². The molecule has 0 aliphatic heterocycles. The maximum Gasteiger partial charge on any atom is 0.338 e. The van der Waals surface area contributed by atoms with Crippen molar-refractivity contribution >= 4 is 27.9 Å². The number of allylic oxidation sites excluding steroid dienone is 1. The van der Waals surface area contributed by atoms with Gasteiger partial charge in [-0.2, -0.15) is 0 Å². The molecule has 5 nitrogen and oxygen atoms in total. The van der Waals surface area contributed by atoms with Gasteiger partial charge in [0.2, 0.25) is 0 Å². The molecule has 0 bridgehead atoms. The molecule has 4 rings (SSSR count). The maximum atomic E-state index is 12.8. The second-order valence-electron chi connectivity index (χ2n) is 10.6. The van der Waals surface area contributed by atoms with Crippen LogP contribution in [0.4, 0.5) is 0 Å². The highest BCUT2D eigenvalue weighted by molar-refractivity contribution is 9.10. The average molecular weight is 543 g/mol. The Bertz CT molecular complexity index is 1090. The summed E-state index contributed by atoms with van der Waals surface area (Å²) < 4.78 is 17.4. The Labute approximate surface area is 216 Å². The molecule has 1 aromatic heterocycles. The van der Waals surface area contributed by atoms with E-state index < -0.39 is 5.41 Å². The lowest BCUT2D eigenvalue weighted by Gasteiger charge is -2.57. The minimum atomic E-state index is -0.442. The van der Waals surface area contributed by atoms with Crippen LogP contribution in [-0.4, -0.2) is 19.0 Å². The monoisotopic (exact) mass is 542 g/mol. The third kappa shape index (κ3) is 5.00. The van der Waals surface area contributed by atoms with Crippen molar-refractivity contribution in [1.82, 2.24) is 0 Å². The maximum absolute atomic E-state index is 12.8. The van der Waals surface area contributed by atoms with E-state index in [0.29, 0.717) is 17.2 Å². The van der Waals surface area contributed by atoms with E-state index in [0.717, 1.165) is 55.0 Å². The molecule has 188 valence electrons. The van der Waals surface area contributed by atoms with Gasteiger partial charge in [0.05, 0.1) is 24.4 Å². The first-order chi connectivity index (χ1) is 16.7. The molecule has 0 amide bonds. The van der Waals surface area contributed by atoms with Crippen molar-refractivity contribution in [2.24, 2.45) is 22.7 Å². The lowest BCUT2D eigenvalue weighted by atomic mass is 9.46. The summed E-state index contributed by atoms with van der Waals surface area (Å²) in [5.41, 5.74) is 2.41. The summed E-state index contributed by atoms with van der Waals surface area (Å²) in [6.45, 7) is 9.00. The fourth-order valence-electron chi connectivity index (χ4n) is 6.78. The molecular weight excluding hydrogens is 508 g/mol. The van der Waals surface area contributed by atoms with E-state index in [1.807, 2.05) is 18.2 Å². The van der Waals surface area contributed by atoms with Crippen LogP contribution in [0.5, 0.6) is 0 Å². The Kier molecular flexibility index (Phi) is 7.60. The molecule has 0 N–H and O–H groups in total. The molecule has 2 aliphatic carbocycles. The summed E-state index contributed by atoms with van der Waals surface area (Å²) in [6.07, 6.45) is 8.32. The van der Waals surface area contributed by atoms with Crippen LogP contribution >= 0.6 is 15.9 Å². The number of methoxy groups -OCH3 is 1. The molecule has 1 heterocycles. The van der Waals surface area contributed by atoms with Gasteiger partial charge in [-0.15, -0.1) is 0 Å². The number of furan rings is 1. The van der Waals surface area contributed by atoms with Crippen LogP contribution < -0.4 is 0 Å². The zero-order chi connectivity index (χ0) is 25.2. The van der Waals surface area contributed by atoms with Gasteiger partial charge < -0.3 is 13.9 Å². The SMILES string of the molecule is C=C1CC[C@@H]2[C@](C)(CCC[C@]2(C)C(=O)OC)[C@H]1CCc1ccoc1COC(=O)c1ccc(Br)cc1. The van der Waals surface area contributed by atoms with Gasteiger partial charge in [-0.05, 0) is 98.6 Å². The number of carbonyl (C=O) groups excluding carboxylic acids is 2. The van der Waals surface area contributed by atoms with Gasteiger partial charge in [0.1, 0.15) is 12.4 Å². The van der Waals surface area contributed by atoms with Gasteiger partial charge in [0, 0.05) is 4.47 Å². The van der Waals surface area contributed by atoms with Crippen LogP contribution in [-0.2, 0) is 27.3 Å². The van der Waals surface area contributed by atoms with E-state index in [9.17, 15) is 9.59 Å². The van der Waals surface area contributed by atoms with E-state index in [4.69, 9.17) is 13.9 Å².